The molecule has 0 unspecified atom stereocenters. The molecule has 0 saturated carbocycles. The predicted octanol–water partition coefficient (Wildman–Crippen LogP) is 3.04. The molecular weight excluding hydrogens is 334 g/mol. The number of anilines is 1. The second kappa shape index (κ2) is 8.20. The lowest BCUT2D eigenvalue weighted by Crippen LogP contribution is -2.29. The van der Waals surface area contributed by atoms with Crippen molar-refractivity contribution < 1.29 is 23.8 Å². The third-order valence-electron chi connectivity index (χ3n) is 3.68. The van der Waals surface area contributed by atoms with Gasteiger partial charge in [-0.3, -0.25) is 4.79 Å². The minimum absolute atomic E-state index is 0.428. The van der Waals surface area contributed by atoms with Gasteiger partial charge in [-0.2, -0.15) is 0 Å². The van der Waals surface area contributed by atoms with Gasteiger partial charge in [-0.05, 0) is 30.7 Å². The van der Waals surface area contributed by atoms with Gasteiger partial charge in [0.2, 0.25) is 0 Å². The van der Waals surface area contributed by atoms with E-state index in [1.165, 1.54) is 13.0 Å². The molecule has 6 heteroatoms. The number of hydrogen-bond acceptors (Lipinski definition) is 5. The van der Waals surface area contributed by atoms with Crippen LogP contribution in [0.5, 0.6) is 11.5 Å². The van der Waals surface area contributed by atoms with Crippen LogP contribution in [0.1, 0.15) is 12.5 Å². The van der Waals surface area contributed by atoms with Gasteiger partial charge >= 0.3 is 5.97 Å². The topological polar surface area (TPSA) is 73.9 Å². The number of carbonyl (C=O) groups is 2. The molecule has 134 valence electrons. The monoisotopic (exact) mass is 353 g/mol. The molecule has 2 aromatic carbocycles. The fraction of sp³-hybridized carbons (Fsp3) is 0.200. The largest absolute Gasteiger partial charge is 0.486 e. The maximum Gasteiger partial charge on any atom is 0.331 e. The third kappa shape index (κ3) is 4.63. The summed E-state index contributed by atoms with van der Waals surface area (Å²) in [5.41, 5.74) is 1.42. The molecule has 0 spiro atoms. The quantitative estimate of drug-likeness (QED) is 0.661. The van der Waals surface area contributed by atoms with E-state index >= 15 is 0 Å². The lowest BCUT2D eigenvalue weighted by atomic mass is 10.2. The summed E-state index contributed by atoms with van der Waals surface area (Å²) >= 11 is 0. The van der Waals surface area contributed by atoms with E-state index in [4.69, 9.17) is 14.2 Å². The summed E-state index contributed by atoms with van der Waals surface area (Å²) in [5.74, 6) is 0.200. The molecule has 1 aliphatic rings. The number of hydrogen-bond donors (Lipinski definition) is 1. The molecule has 1 aliphatic heterocycles. The first-order valence-electron chi connectivity index (χ1n) is 8.26. The Balaban J connectivity index is 1.54. The van der Waals surface area contributed by atoms with Crippen LogP contribution in [0.15, 0.2) is 54.6 Å². The molecule has 6 nitrogen and oxygen atoms in total. The number of benzene rings is 2. The molecule has 1 amide bonds. The molecule has 0 radical (unpaired) electrons. The molecule has 0 fully saturated rings. The Hall–Kier alpha value is -3.28. The zero-order valence-corrected chi connectivity index (χ0v) is 14.3. The van der Waals surface area contributed by atoms with Crippen LogP contribution in [-0.4, -0.2) is 31.2 Å². The van der Waals surface area contributed by atoms with Gasteiger partial charge < -0.3 is 19.5 Å². The Morgan fingerprint density at radius 2 is 1.81 bits per heavy atom. The average Bonchev–Trinajstić information content (AvgIpc) is 2.67. The van der Waals surface area contributed by atoms with Crippen molar-refractivity contribution >= 4 is 23.6 Å². The van der Waals surface area contributed by atoms with Gasteiger partial charge in [-0.25, -0.2) is 4.79 Å². The summed E-state index contributed by atoms with van der Waals surface area (Å²) in [4.78, 5) is 24.1. The highest BCUT2D eigenvalue weighted by Gasteiger charge is 2.18. The van der Waals surface area contributed by atoms with Crippen LogP contribution in [0.3, 0.4) is 0 Å². The molecule has 1 N–H and O–H groups in total. The van der Waals surface area contributed by atoms with Crippen molar-refractivity contribution in [3.8, 4) is 11.5 Å². The molecule has 3 rings (SSSR count). The van der Waals surface area contributed by atoms with Gasteiger partial charge in [-0.1, -0.05) is 30.3 Å². The maximum absolute atomic E-state index is 12.2. The molecule has 0 saturated heterocycles. The second-order valence-electron chi connectivity index (χ2n) is 5.67. The van der Waals surface area contributed by atoms with Crippen LogP contribution >= 0.6 is 0 Å². The number of ether oxygens (including phenoxy) is 3. The summed E-state index contributed by atoms with van der Waals surface area (Å²) in [7, 11) is 0. The average molecular weight is 353 g/mol. The molecule has 0 aromatic heterocycles. The standard InChI is InChI=1S/C20H19NO5/c1-14(26-19(22)10-7-15-5-3-2-4-6-15)20(23)21-16-8-9-17-18(13-16)25-12-11-24-17/h2-10,13-14H,11-12H2,1H3,(H,21,23)/b10-7+/t14-/m1/s1. The second-order valence-corrected chi connectivity index (χ2v) is 5.67. The van der Waals surface area contributed by atoms with E-state index in [1.54, 1.807) is 24.3 Å². The van der Waals surface area contributed by atoms with Crippen LogP contribution in [0.4, 0.5) is 5.69 Å². The summed E-state index contributed by atoms with van der Waals surface area (Å²) in [6, 6.07) is 14.5. The summed E-state index contributed by atoms with van der Waals surface area (Å²) in [6.07, 6.45) is 1.99. The number of carbonyl (C=O) groups excluding carboxylic acids is 2. The predicted molar refractivity (Wildman–Crippen MR) is 97.1 cm³/mol. The van der Waals surface area contributed by atoms with Gasteiger partial charge in [0, 0.05) is 17.8 Å². The van der Waals surface area contributed by atoms with Crippen molar-refractivity contribution in [3.63, 3.8) is 0 Å². The smallest absolute Gasteiger partial charge is 0.331 e. The molecule has 1 heterocycles. The maximum atomic E-state index is 12.2. The Morgan fingerprint density at radius 3 is 2.58 bits per heavy atom. The van der Waals surface area contributed by atoms with Crippen LogP contribution < -0.4 is 14.8 Å². The fourth-order valence-electron chi connectivity index (χ4n) is 2.36. The number of amides is 1. The first kappa shape index (κ1) is 17.5. The Morgan fingerprint density at radius 1 is 1.08 bits per heavy atom. The lowest BCUT2D eigenvalue weighted by molar-refractivity contribution is -0.148. The highest BCUT2D eigenvalue weighted by atomic mass is 16.6. The first-order valence-corrected chi connectivity index (χ1v) is 8.26. The Labute approximate surface area is 151 Å². The molecule has 2 aromatic rings. The van der Waals surface area contributed by atoms with Crippen LogP contribution in [0, 0.1) is 0 Å². The van der Waals surface area contributed by atoms with Crippen molar-refractivity contribution in [1.29, 1.82) is 0 Å². The lowest BCUT2D eigenvalue weighted by Gasteiger charge is -2.19. The first-order chi connectivity index (χ1) is 12.6. The molecule has 0 bridgehead atoms. The van der Waals surface area contributed by atoms with E-state index in [-0.39, 0.29) is 0 Å². The van der Waals surface area contributed by atoms with E-state index in [0.717, 1.165) is 5.56 Å². The highest BCUT2D eigenvalue weighted by Crippen LogP contribution is 2.32. The Bertz CT molecular complexity index is 816. The van der Waals surface area contributed by atoms with Crippen molar-refractivity contribution in [1.82, 2.24) is 0 Å². The summed E-state index contributed by atoms with van der Waals surface area (Å²) < 4.78 is 16.0. The summed E-state index contributed by atoms with van der Waals surface area (Å²) in [5, 5.41) is 2.70. The normalized spacial score (nSPS) is 13.9. The highest BCUT2D eigenvalue weighted by molar-refractivity contribution is 5.96. The van der Waals surface area contributed by atoms with Crippen LogP contribution in [-0.2, 0) is 14.3 Å². The van der Waals surface area contributed by atoms with Crippen molar-refractivity contribution in [3.05, 3.63) is 60.2 Å². The van der Waals surface area contributed by atoms with E-state index in [9.17, 15) is 9.59 Å². The SMILES string of the molecule is C[C@@H](OC(=O)/C=C/c1ccccc1)C(=O)Nc1ccc2c(c1)OCCO2. The van der Waals surface area contributed by atoms with Crippen molar-refractivity contribution in [2.75, 3.05) is 18.5 Å². The van der Waals surface area contributed by atoms with E-state index in [1.807, 2.05) is 30.3 Å². The minimum Gasteiger partial charge on any atom is -0.486 e. The van der Waals surface area contributed by atoms with E-state index < -0.39 is 18.0 Å². The zero-order chi connectivity index (χ0) is 18.4. The van der Waals surface area contributed by atoms with Gasteiger partial charge in [0.05, 0.1) is 0 Å². The molecule has 26 heavy (non-hydrogen) atoms. The van der Waals surface area contributed by atoms with Gasteiger partial charge in [0.15, 0.2) is 17.6 Å². The van der Waals surface area contributed by atoms with Gasteiger partial charge in [0.1, 0.15) is 13.2 Å². The summed E-state index contributed by atoms with van der Waals surface area (Å²) in [6.45, 7) is 2.48. The van der Waals surface area contributed by atoms with E-state index in [2.05, 4.69) is 5.32 Å². The third-order valence-corrected chi connectivity index (χ3v) is 3.68. The number of rotatable bonds is 5. The number of nitrogens with one attached hydrogen (secondary N) is 1. The molecule has 1 atom stereocenters. The fourth-order valence-corrected chi connectivity index (χ4v) is 2.36. The molecular formula is C20H19NO5. The van der Waals surface area contributed by atoms with Crippen LogP contribution in [0.2, 0.25) is 0 Å². The van der Waals surface area contributed by atoms with Crippen LogP contribution in [0.25, 0.3) is 6.08 Å². The minimum atomic E-state index is -0.934. The van der Waals surface area contributed by atoms with Gasteiger partial charge in [0.25, 0.3) is 5.91 Å². The van der Waals surface area contributed by atoms with Crippen molar-refractivity contribution in [2.24, 2.45) is 0 Å². The Kier molecular flexibility index (Phi) is 5.53. The zero-order valence-electron chi connectivity index (χ0n) is 14.3. The number of esters is 1. The van der Waals surface area contributed by atoms with E-state index in [0.29, 0.717) is 30.4 Å². The van der Waals surface area contributed by atoms with Crippen molar-refractivity contribution in [2.45, 2.75) is 13.0 Å². The number of fused-ring (bicyclic) bond motifs is 1. The van der Waals surface area contributed by atoms with Gasteiger partial charge in [-0.15, -0.1) is 0 Å². The molecule has 0 aliphatic carbocycles.